The van der Waals surface area contributed by atoms with E-state index in [0.29, 0.717) is 16.3 Å². The van der Waals surface area contributed by atoms with Crippen molar-refractivity contribution in [2.45, 2.75) is 19.4 Å². The molecule has 0 amide bonds. The minimum Gasteiger partial charge on any atom is -0.383 e. The predicted octanol–water partition coefficient (Wildman–Crippen LogP) is 3.32. The Balaban J connectivity index is 2.40. The van der Waals surface area contributed by atoms with E-state index < -0.39 is 17.2 Å². The number of rotatable bonds is 2. The van der Waals surface area contributed by atoms with E-state index in [1.807, 2.05) is 0 Å². The molecule has 5 heteroatoms. The second-order valence-corrected chi connectivity index (χ2v) is 5.08. The van der Waals surface area contributed by atoms with Gasteiger partial charge in [-0.3, -0.25) is 0 Å². The molecular formula is C12H11F2NOS. The van der Waals surface area contributed by atoms with Crippen LogP contribution in [-0.4, -0.2) is 10.1 Å². The summed E-state index contributed by atoms with van der Waals surface area (Å²) in [5, 5.41) is 12.0. The molecule has 1 aromatic heterocycles. The third-order valence-electron chi connectivity index (χ3n) is 2.24. The molecule has 0 atom stereocenters. The second kappa shape index (κ2) is 4.16. The number of aromatic nitrogens is 1. The van der Waals surface area contributed by atoms with Gasteiger partial charge in [-0.2, -0.15) is 0 Å². The number of aliphatic hydroxyl groups is 1. The van der Waals surface area contributed by atoms with Gasteiger partial charge in [0, 0.05) is 10.9 Å². The fraction of sp³-hybridized carbons (Fsp3) is 0.250. The van der Waals surface area contributed by atoms with Crippen LogP contribution in [0.5, 0.6) is 0 Å². The first-order valence-corrected chi connectivity index (χ1v) is 5.89. The van der Waals surface area contributed by atoms with Gasteiger partial charge in [-0.25, -0.2) is 13.8 Å². The summed E-state index contributed by atoms with van der Waals surface area (Å²) in [5.74, 6) is -1.79. The SMILES string of the molecule is CC(C)(O)c1nc(-c2ccc(F)c(F)c2)cs1. The Kier molecular flexibility index (Phi) is 2.97. The molecule has 90 valence electrons. The van der Waals surface area contributed by atoms with Crippen LogP contribution in [0.25, 0.3) is 11.3 Å². The number of hydrogen-bond donors (Lipinski definition) is 1. The van der Waals surface area contributed by atoms with Gasteiger partial charge in [0.05, 0.1) is 5.69 Å². The minimum atomic E-state index is -1.03. The standard InChI is InChI=1S/C12H11F2NOS/c1-12(2,16)11-15-10(6-17-11)7-3-4-8(13)9(14)5-7/h3-6,16H,1-2H3. The summed E-state index contributed by atoms with van der Waals surface area (Å²) in [6.45, 7) is 3.25. The van der Waals surface area contributed by atoms with Crippen molar-refractivity contribution in [2.24, 2.45) is 0 Å². The van der Waals surface area contributed by atoms with E-state index in [4.69, 9.17) is 0 Å². The molecule has 0 bridgehead atoms. The maximum atomic E-state index is 13.1. The topological polar surface area (TPSA) is 33.1 Å². The van der Waals surface area contributed by atoms with Crippen molar-refractivity contribution in [2.75, 3.05) is 0 Å². The van der Waals surface area contributed by atoms with E-state index in [1.165, 1.54) is 17.4 Å². The molecule has 0 radical (unpaired) electrons. The lowest BCUT2D eigenvalue weighted by atomic mass is 10.1. The van der Waals surface area contributed by atoms with Crippen molar-refractivity contribution in [1.82, 2.24) is 4.98 Å². The van der Waals surface area contributed by atoms with Crippen LogP contribution >= 0.6 is 11.3 Å². The Morgan fingerprint density at radius 2 is 1.94 bits per heavy atom. The summed E-state index contributed by atoms with van der Waals surface area (Å²) >= 11 is 1.28. The molecule has 1 N–H and O–H groups in total. The fourth-order valence-corrected chi connectivity index (χ4v) is 2.19. The van der Waals surface area contributed by atoms with Crippen molar-refractivity contribution < 1.29 is 13.9 Å². The summed E-state index contributed by atoms with van der Waals surface area (Å²) in [5.41, 5.74) is 0.00303. The summed E-state index contributed by atoms with van der Waals surface area (Å²) in [7, 11) is 0. The molecule has 0 saturated heterocycles. The van der Waals surface area contributed by atoms with E-state index in [-0.39, 0.29) is 0 Å². The van der Waals surface area contributed by atoms with Crippen LogP contribution in [0.2, 0.25) is 0 Å². The van der Waals surface area contributed by atoms with Crippen LogP contribution in [-0.2, 0) is 5.60 Å². The van der Waals surface area contributed by atoms with Gasteiger partial charge >= 0.3 is 0 Å². The van der Waals surface area contributed by atoms with Gasteiger partial charge < -0.3 is 5.11 Å². The zero-order chi connectivity index (χ0) is 12.6. The first kappa shape index (κ1) is 12.1. The molecule has 1 heterocycles. The van der Waals surface area contributed by atoms with Gasteiger partial charge in [0.1, 0.15) is 10.6 Å². The molecule has 1 aromatic carbocycles. The average Bonchev–Trinajstić information content (AvgIpc) is 2.70. The average molecular weight is 255 g/mol. The summed E-state index contributed by atoms with van der Waals surface area (Å²) < 4.78 is 25.8. The smallest absolute Gasteiger partial charge is 0.159 e. The van der Waals surface area contributed by atoms with Crippen LogP contribution in [0.4, 0.5) is 8.78 Å². The third kappa shape index (κ3) is 2.50. The summed E-state index contributed by atoms with van der Waals surface area (Å²) in [6, 6.07) is 3.62. The second-order valence-electron chi connectivity index (χ2n) is 4.23. The van der Waals surface area contributed by atoms with Crippen molar-refractivity contribution >= 4 is 11.3 Å². The lowest BCUT2D eigenvalue weighted by Gasteiger charge is -2.12. The Labute approximate surface area is 102 Å². The molecule has 2 nitrogen and oxygen atoms in total. The van der Waals surface area contributed by atoms with Gasteiger partial charge in [0.15, 0.2) is 11.6 Å². The van der Waals surface area contributed by atoms with Gasteiger partial charge in [-0.05, 0) is 32.0 Å². The Morgan fingerprint density at radius 3 is 2.47 bits per heavy atom. The van der Waals surface area contributed by atoms with Gasteiger partial charge in [-0.1, -0.05) is 0 Å². The molecular weight excluding hydrogens is 244 g/mol. The quantitative estimate of drug-likeness (QED) is 0.893. The van der Waals surface area contributed by atoms with Crippen molar-refractivity contribution in [3.05, 3.63) is 40.2 Å². The Hall–Kier alpha value is -1.33. The van der Waals surface area contributed by atoms with E-state index in [9.17, 15) is 13.9 Å². The number of thiazole rings is 1. The zero-order valence-electron chi connectivity index (χ0n) is 9.37. The van der Waals surface area contributed by atoms with E-state index in [2.05, 4.69) is 4.98 Å². The maximum absolute atomic E-state index is 13.1. The highest BCUT2D eigenvalue weighted by atomic mass is 32.1. The maximum Gasteiger partial charge on any atom is 0.159 e. The highest BCUT2D eigenvalue weighted by Gasteiger charge is 2.20. The van der Waals surface area contributed by atoms with Crippen molar-refractivity contribution in [1.29, 1.82) is 0 Å². The summed E-state index contributed by atoms with van der Waals surface area (Å²) in [6.07, 6.45) is 0. The number of hydrogen-bond acceptors (Lipinski definition) is 3. The Morgan fingerprint density at radius 1 is 1.24 bits per heavy atom. The molecule has 0 aliphatic heterocycles. The van der Waals surface area contributed by atoms with Crippen molar-refractivity contribution in [3.8, 4) is 11.3 Å². The number of benzene rings is 1. The number of nitrogens with zero attached hydrogens (tertiary/aromatic N) is 1. The first-order valence-electron chi connectivity index (χ1n) is 5.02. The lowest BCUT2D eigenvalue weighted by molar-refractivity contribution is 0.0783. The van der Waals surface area contributed by atoms with Crippen molar-refractivity contribution in [3.63, 3.8) is 0 Å². The normalized spacial score (nSPS) is 11.8. The highest BCUT2D eigenvalue weighted by Crippen LogP contribution is 2.29. The molecule has 0 fully saturated rings. The minimum absolute atomic E-state index is 0.496. The van der Waals surface area contributed by atoms with Crippen LogP contribution in [0.15, 0.2) is 23.6 Å². The highest BCUT2D eigenvalue weighted by molar-refractivity contribution is 7.10. The van der Waals surface area contributed by atoms with Crippen LogP contribution < -0.4 is 0 Å². The largest absolute Gasteiger partial charge is 0.383 e. The molecule has 2 rings (SSSR count). The molecule has 0 spiro atoms. The van der Waals surface area contributed by atoms with Gasteiger partial charge in [0.25, 0.3) is 0 Å². The van der Waals surface area contributed by atoms with Crippen LogP contribution in [0.1, 0.15) is 18.9 Å². The molecule has 0 unspecified atom stereocenters. The Bertz CT molecular complexity index is 546. The monoisotopic (exact) mass is 255 g/mol. The molecule has 0 aliphatic carbocycles. The van der Waals surface area contributed by atoms with E-state index >= 15 is 0 Å². The van der Waals surface area contributed by atoms with Gasteiger partial charge in [-0.15, -0.1) is 11.3 Å². The molecule has 0 aliphatic rings. The third-order valence-corrected chi connectivity index (χ3v) is 3.40. The molecule has 17 heavy (non-hydrogen) atoms. The lowest BCUT2D eigenvalue weighted by Crippen LogP contribution is -2.14. The van der Waals surface area contributed by atoms with Crippen LogP contribution in [0, 0.1) is 11.6 Å². The molecule has 2 aromatic rings. The van der Waals surface area contributed by atoms with Gasteiger partial charge in [0.2, 0.25) is 0 Å². The van der Waals surface area contributed by atoms with E-state index in [0.717, 1.165) is 12.1 Å². The summed E-state index contributed by atoms with van der Waals surface area (Å²) in [4.78, 5) is 4.20. The first-order chi connectivity index (χ1) is 7.88. The zero-order valence-corrected chi connectivity index (χ0v) is 10.2. The number of halogens is 2. The molecule has 0 saturated carbocycles. The van der Waals surface area contributed by atoms with E-state index in [1.54, 1.807) is 19.2 Å². The van der Waals surface area contributed by atoms with Crippen LogP contribution in [0.3, 0.4) is 0 Å². The fourth-order valence-electron chi connectivity index (χ4n) is 1.34. The predicted molar refractivity (Wildman–Crippen MR) is 62.7 cm³/mol.